The fourth-order valence-electron chi connectivity index (χ4n) is 2.37. The molecule has 20 heavy (non-hydrogen) atoms. The summed E-state index contributed by atoms with van der Waals surface area (Å²) in [5.41, 5.74) is 0. The summed E-state index contributed by atoms with van der Waals surface area (Å²) in [6.45, 7) is 0.834. The highest BCUT2D eigenvalue weighted by atomic mass is 35.5. The second-order valence-corrected chi connectivity index (χ2v) is 6.38. The van der Waals surface area contributed by atoms with Gasteiger partial charge in [-0.25, -0.2) is 17.2 Å². The van der Waals surface area contributed by atoms with E-state index in [0.717, 1.165) is 25.0 Å². The van der Waals surface area contributed by atoms with E-state index < -0.39 is 26.6 Å². The Morgan fingerprint density at radius 1 is 1.40 bits per heavy atom. The van der Waals surface area contributed by atoms with Gasteiger partial charge in [0.05, 0.1) is 0 Å². The highest BCUT2D eigenvalue weighted by Gasteiger charge is 2.36. The van der Waals surface area contributed by atoms with E-state index in [1.165, 1.54) is 10.4 Å². The smallest absolute Gasteiger partial charge is 0.246 e. The average molecular weight is 327 g/mol. The van der Waals surface area contributed by atoms with Gasteiger partial charge < -0.3 is 5.32 Å². The molecule has 1 fully saturated rings. The van der Waals surface area contributed by atoms with Crippen LogP contribution in [0.15, 0.2) is 23.1 Å². The SMILES string of the molecule is CNCC1CCCN1S(=O)(=O)c1cccc(F)c1F.Cl. The van der Waals surface area contributed by atoms with Gasteiger partial charge in [-0.3, -0.25) is 0 Å². The van der Waals surface area contributed by atoms with Gasteiger partial charge in [0.15, 0.2) is 11.6 Å². The van der Waals surface area contributed by atoms with E-state index in [9.17, 15) is 17.2 Å². The number of likely N-dealkylation sites (N-methyl/N-ethyl adjacent to an activating group) is 1. The molecule has 1 unspecified atom stereocenters. The number of hydrogen-bond donors (Lipinski definition) is 1. The van der Waals surface area contributed by atoms with Crippen molar-refractivity contribution in [2.45, 2.75) is 23.8 Å². The highest BCUT2D eigenvalue weighted by Crippen LogP contribution is 2.27. The van der Waals surface area contributed by atoms with E-state index >= 15 is 0 Å². The van der Waals surface area contributed by atoms with E-state index in [-0.39, 0.29) is 18.4 Å². The van der Waals surface area contributed by atoms with Crippen LogP contribution in [0.4, 0.5) is 8.78 Å². The molecule has 0 saturated carbocycles. The van der Waals surface area contributed by atoms with Gasteiger partial charge in [-0.2, -0.15) is 4.31 Å². The number of hydrogen-bond acceptors (Lipinski definition) is 3. The fraction of sp³-hybridized carbons (Fsp3) is 0.500. The maximum absolute atomic E-state index is 13.7. The van der Waals surface area contributed by atoms with Crippen LogP contribution in [-0.2, 0) is 10.0 Å². The third-order valence-electron chi connectivity index (χ3n) is 3.27. The molecule has 1 aliphatic heterocycles. The van der Waals surface area contributed by atoms with E-state index in [4.69, 9.17) is 0 Å². The predicted molar refractivity (Wildman–Crippen MR) is 74.4 cm³/mol. The Morgan fingerprint density at radius 3 is 2.75 bits per heavy atom. The molecule has 1 aliphatic rings. The van der Waals surface area contributed by atoms with Crippen molar-refractivity contribution in [1.29, 1.82) is 0 Å². The summed E-state index contributed by atoms with van der Waals surface area (Å²) in [6, 6.07) is 3.00. The molecule has 1 saturated heterocycles. The van der Waals surface area contributed by atoms with Crippen molar-refractivity contribution >= 4 is 22.4 Å². The lowest BCUT2D eigenvalue weighted by molar-refractivity contribution is 0.375. The number of halogens is 3. The summed E-state index contributed by atoms with van der Waals surface area (Å²) in [4.78, 5) is -0.587. The van der Waals surface area contributed by atoms with Gasteiger partial charge in [0.25, 0.3) is 0 Å². The summed E-state index contributed by atoms with van der Waals surface area (Å²) >= 11 is 0. The van der Waals surface area contributed by atoms with Crippen molar-refractivity contribution < 1.29 is 17.2 Å². The Kier molecular flexibility index (Phi) is 5.88. The zero-order valence-corrected chi connectivity index (χ0v) is 12.6. The number of rotatable bonds is 4. The first kappa shape index (κ1) is 17.3. The molecule has 2 rings (SSSR count). The molecule has 1 atom stereocenters. The van der Waals surface area contributed by atoms with Gasteiger partial charge in [-0.1, -0.05) is 6.07 Å². The number of nitrogens with one attached hydrogen (secondary N) is 1. The monoisotopic (exact) mass is 326 g/mol. The van der Waals surface area contributed by atoms with Gasteiger partial charge >= 0.3 is 0 Å². The minimum atomic E-state index is -3.98. The number of benzene rings is 1. The van der Waals surface area contributed by atoms with Crippen molar-refractivity contribution in [2.24, 2.45) is 0 Å². The van der Waals surface area contributed by atoms with Crippen LogP contribution in [0.2, 0.25) is 0 Å². The minimum absolute atomic E-state index is 0. The Bertz CT molecular complexity index is 569. The summed E-state index contributed by atoms with van der Waals surface area (Å²) in [7, 11) is -2.26. The Morgan fingerprint density at radius 2 is 2.10 bits per heavy atom. The quantitative estimate of drug-likeness (QED) is 0.917. The molecule has 8 heteroatoms. The molecular weight excluding hydrogens is 310 g/mol. The maximum Gasteiger partial charge on any atom is 0.246 e. The normalized spacial score (nSPS) is 19.9. The average Bonchev–Trinajstić information content (AvgIpc) is 2.82. The first-order valence-corrected chi connectivity index (χ1v) is 7.53. The largest absolute Gasteiger partial charge is 0.318 e. The molecule has 0 bridgehead atoms. The lowest BCUT2D eigenvalue weighted by Crippen LogP contribution is -2.41. The summed E-state index contributed by atoms with van der Waals surface area (Å²) in [5.74, 6) is -2.46. The molecular formula is C12H17ClF2N2O2S. The molecule has 0 aromatic heterocycles. The maximum atomic E-state index is 13.7. The van der Waals surface area contributed by atoms with Crippen LogP contribution in [-0.4, -0.2) is 38.9 Å². The molecule has 1 aromatic carbocycles. The Hall–Kier alpha value is -0.760. The molecule has 4 nitrogen and oxygen atoms in total. The minimum Gasteiger partial charge on any atom is -0.318 e. The number of nitrogens with zero attached hydrogens (tertiary/aromatic N) is 1. The van der Waals surface area contributed by atoms with E-state index in [1.807, 2.05) is 0 Å². The van der Waals surface area contributed by atoms with Gasteiger partial charge in [0.2, 0.25) is 10.0 Å². The van der Waals surface area contributed by atoms with Crippen molar-refractivity contribution in [3.05, 3.63) is 29.8 Å². The van der Waals surface area contributed by atoms with Crippen LogP contribution in [0, 0.1) is 11.6 Å². The molecule has 0 spiro atoms. The van der Waals surface area contributed by atoms with Crippen molar-refractivity contribution in [3.8, 4) is 0 Å². The van der Waals surface area contributed by atoms with Gasteiger partial charge in [-0.05, 0) is 32.0 Å². The van der Waals surface area contributed by atoms with Crippen molar-refractivity contribution in [2.75, 3.05) is 20.1 Å². The molecule has 0 amide bonds. The molecule has 1 aromatic rings. The highest BCUT2D eigenvalue weighted by molar-refractivity contribution is 7.89. The second-order valence-electron chi connectivity index (χ2n) is 4.52. The molecule has 1 N–H and O–H groups in total. The standard InChI is InChI=1S/C12H16F2N2O2S.ClH/c1-15-8-9-4-3-7-16(9)19(17,18)11-6-2-5-10(13)12(11)14;/h2,5-6,9,15H,3-4,7-8H2,1H3;1H. The zero-order chi connectivity index (χ0) is 14.0. The van der Waals surface area contributed by atoms with Crippen LogP contribution in [0.25, 0.3) is 0 Å². The second kappa shape index (κ2) is 6.80. The van der Waals surface area contributed by atoms with E-state index in [0.29, 0.717) is 13.1 Å². The summed E-state index contributed by atoms with van der Waals surface area (Å²) in [6.07, 6.45) is 1.44. The third kappa shape index (κ3) is 3.11. The zero-order valence-electron chi connectivity index (χ0n) is 11.0. The summed E-state index contributed by atoms with van der Waals surface area (Å²) in [5, 5.41) is 2.92. The first-order valence-electron chi connectivity index (χ1n) is 6.09. The first-order chi connectivity index (χ1) is 8.98. The topological polar surface area (TPSA) is 49.4 Å². The van der Waals surface area contributed by atoms with Crippen LogP contribution in [0.5, 0.6) is 0 Å². The van der Waals surface area contributed by atoms with Crippen LogP contribution in [0.1, 0.15) is 12.8 Å². The molecule has 0 radical (unpaired) electrons. The van der Waals surface area contributed by atoms with Gasteiger partial charge in [0, 0.05) is 19.1 Å². The van der Waals surface area contributed by atoms with Crippen molar-refractivity contribution in [3.63, 3.8) is 0 Å². The van der Waals surface area contributed by atoms with Crippen molar-refractivity contribution in [1.82, 2.24) is 9.62 Å². The molecule has 114 valence electrons. The number of sulfonamides is 1. The summed E-state index contributed by atoms with van der Waals surface area (Å²) < 4.78 is 52.9. The Labute approximate surface area is 123 Å². The third-order valence-corrected chi connectivity index (χ3v) is 5.23. The van der Waals surface area contributed by atoms with Crippen LogP contribution >= 0.6 is 12.4 Å². The predicted octanol–water partition coefficient (Wildman–Crippen LogP) is 1.76. The fourth-order valence-corrected chi connectivity index (χ4v) is 4.14. The lowest BCUT2D eigenvalue weighted by Gasteiger charge is -2.24. The van der Waals surface area contributed by atoms with Crippen LogP contribution < -0.4 is 5.32 Å². The Balaban J connectivity index is 0.00000200. The van der Waals surface area contributed by atoms with E-state index in [1.54, 1.807) is 7.05 Å². The van der Waals surface area contributed by atoms with E-state index in [2.05, 4.69) is 5.32 Å². The molecule has 1 heterocycles. The molecule has 0 aliphatic carbocycles. The van der Waals surface area contributed by atoms with Crippen LogP contribution in [0.3, 0.4) is 0 Å². The van der Waals surface area contributed by atoms with Gasteiger partial charge in [0.1, 0.15) is 4.90 Å². The lowest BCUT2D eigenvalue weighted by atomic mass is 10.2. The van der Waals surface area contributed by atoms with Gasteiger partial charge in [-0.15, -0.1) is 12.4 Å².